The zero-order valence-corrected chi connectivity index (χ0v) is 10.2. The van der Waals surface area contributed by atoms with Crippen LogP contribution in [0.4, 0.5) is 0 Å². The number of carbonyl (C=O) groups is 1. The molecular formula is C12H19N3O. The molecule has 0 aliphatic carbocycles. The third-order valence-corrected chi connectivity index (χ3v) is 3.15. The lowest BCUT2D eigenvalue weighted by Crippen LogP contribution is -2.36. The van der Waals surface area contributed by atoms with E-state index in [1.54, 1.807) is 0 Å². The van der Waals surface area contributed by atoms with E-state index in [0.717, 1.165) is 25.2 Å². The van der Waals surface area contributed by atoms with Gasteiger partial charge in [0.25, 0.3) is 0 Å². The minimum atomic E-state index is 0.238. The number of amides is 1. The van der Waals surface area contributed by atoms with Crippen molar-refractivity contribution in [1.29, 1.82) is 0 Å². The number of carbonyl (C=O) groups excluding carboxylic acids is 1. The van der Waals surface area contributed by atoms with Crippen molar-refractivity contribution >= 4 is 5.91 Å². The van der Waals surface area contributed by atoms with Gasteiger partial charge in [-0.05, 0) is 13.8 Å². The fourth-order valence-electron chi connectivity index (χ4n) is 2.19. The number of fused-ring (bicyclic) bond motifs is 1. The average molecular weight is 221 g/mol. The Morgan fingerprint density at radius 2 is 2.31 bits per heavy atom. The number of rotatable bonds is 2. The van der Waals surface area contributed by atoms with Crippen LogP contribution in [-0.2, 0) is 17.8 Å². The molecule has 0 N–H and O–H groups in total. The Morgan fingerprint density at radius 1 is 1.56 bits per heavy atom. The third kappa shape index (κ3) is 1.84. The van der Waals surface area contributed by atoms with Crippen molar-refractivity contribution in [2.24, 2.45) is 0 Å². The van der Waals surface area contributed by atoms with Crippen LogP contribution in [0.15, 0.2) is 6.33 Å². The van der Waals surface area contributed by atoms with Crippen molar-refractivity contribution in [2.45, 2.75) is 46.2 Å². The van der Waals surface area contributed by atoms with Crippen LogP contribution in [-0.4, -0.2) is 26.9 Å². The number of imidazole rings is 1. The van der Waals surface area contributed by atoms with Crippen LogP contribution in [0.3, 0.4) is 0 Å². The van der Waals surface area contributed by atoms with E-state index in [1.165, 1.54) is 5.69 Å². The van der Waals surface area contributed by atoms with Crippen LogP contribution in [0.2, 0.25) is 0 Å². The predicted molar refractivity (Wildman–Crippen MR) is 62.0 cm³/mol. The lowest BCUT2D eigenvalue weighted by molar-refractivity contribution is -0.131. The third-order valence-electron chi connectivity index (χ3n) is 3.15. The smallest absolute Gasteiger partial charge is 0.222 e. The summed E-state index contributed by atoms with van der Waals surface area (Å²) in [5.41, 5.74) is 2.37. The maximum Gasteiger partial charge on any atom is 0.222 e. The zero-order chi connectivity index (χ0) is 11.7. The fraction of sp³-hybridized carbons (Fsp3) is 0.667. The number of hydrogen-bond acceptors (Lipinski definition) is 2. The van der Waals surface area contributed by atoms with Gasteiger partial charge in [-0.3, -0.25) is 4.79 Å². The highest BCUT2D eigenvalue weighted by Gasteiger charge is 2.23. The molecule has 4 nitrogen and oxygen atoms in total. The van der Waals surface area contributed by atoms with Gasteiger partial charge in [0, 0.05) is 25.4 Å². The molecule has 1 aromatic rings. The molecule has 0 radical (unpaired) electrons. The van der Waals surface area contributed by atoms with Gasteiger partial charge in [0.2, 0.25) is 5.91 Å². The highest BCUT2D eigenvalue weighted by Crippen LogP contribution is 2.21. The first-order chi connectivity index (χ1) is 7.63. The Bertz CT molecular complexity index is 395. The van der Waals surface area contributed by atoms with Gasteiger partial charge in [0.05, 0.1) is 24.3 Å². The summed E-state index contributed by atoms with van der Waals surface area (Å²) < 4.78 is 2.17. The molecule has 1 amide bonds. The van der Waals surface area contributed by atoms with Crippen molar-refractivity contribution in [3.05, 3.63) is 17.7 Å². The topological polar surface area (TPSA) is 38.1 Å². The summed E-state index contributed by atoms with van der Waals surface area (Å²) in [4.78, 5) is 18.0. The van der Waals surface area contributed by atoms with E-state index in [1.807, 2.05) is 18.2 Å². The van der Waals surface area contributed by atoms with Crippen molar-refractivity contribution in [3.63, 3.8) is 0 Å². The molecule has 1 aliphatic heterocycles. The van der Waals surface area contributed by atoms with Crippen LogP contribution in [0.25, 0.3) is 0 Å². The van der Waals surface area contributed by atoms with Crippen molar-refractivity contribution in [3.8, 4) is 0 Å². The lowest BCUT2D eigenvalue weighted by atomic mass is 10.1. The molecule has 0 spiro atoms. The van der Waals surface area contributed by atoms with Crippen LogP contribution in [0.5, 0.6) is 0 Å². The average Bonchev–Trinajstić information content (AvgIpc) is 2.70. The normalized spacial score (nSPS) is 15.4. The van der Waals surface area contributed by atoms with E-state index in [0.29, 0.717) is 12.5 Å². The molecule has 2 heterocycles. The second-order valence-corrected chi connectivity index (χ2v) is 4.56. The second-order valence-electron chi connectivity index (χ2n) is 4.56. The molecular weight excluding hydrogens is 202 g/mol. The molecule has 0 fully saturated rings. The van der Waals surface area contributed by atoms with Gasteiger partial charge in [-0.15, -0.1) is 0 Å². The molecule has 0 saturated heterocycles. The summed E-state index contributed by atoms with van der Waals surface area (Å²) in [7, 11) is 0. The van der Waals surface area contributed by atoms with E-state index >= 15 is 0 Å². The molecule has 16 heavy (non-hydrogen) atoms. The van der Waals surface area contributed by atoms with Crippen LogP contribution in [0.1, 0.15) is 44.6 Å². The van der Waals surface area contributed by atoms with Gasteiger partial charge in [0.15, 0.2) is 0 Å². The SMILES string of the molecule is CCC(=O)N1CCc2ncn(C(C)C)c2C1. The highest BCUT2D eigenvalue weighted by atomic mass is 16.2. The van der Waals surface area contributed by atoms with Crippen LogP contribution >= 0.6 is 0 Å². The Labute approximate surface area is 96.3 Å². The maximum absolute atomic E-state index is 11.7. The molecule has 1 aromatic heterocycles. The monoisotopic (exact) mass is 221 g/mol. The van der Waals surface area contributed by atoms with Gasteiger partial charge in [-0.2, -0.15) is 0 Å². The van der Waals surface area contributed by atoms with E-state index < -0.39 is 0 Å². The number of aromatic nitrogens is 2. The van der Waals surface area contributed by atoms with Crippen molar-refractivity contribution in [1.82, 2.24) is 14.5 Å². The molecule has 0 bridgehead atoms. The molecule has 0 unspecified atom stereocenters. The molecule has 0 saturated carbocycles. The zero-order valence-electron chi connectivity index (χ0n) is 10.2. The van der Waals surface area contributed by atoms with Gasteiger partial charge < -0.3 is 9.47 Å². The Hall–Kier alpha value is -1.32. The summed E-state index contributed by atoms with van der Waals surface area (Å²) >= 11 is 0. The summed E-state index contributed by atoms with van der Waals surface area (Å²) in [6.45, 7) is 7.73. The maximum atomic E-state index is 11.7. The summed E-state index contributed by atoms with van der Waals surface area (Å²) in [5, 5.41) is 0. The first kappa shape index (κ1) is 11.2. The second kappa shape index (κ2) is 4.28. The minimum Gasteiger partial charge on any atom is -0.336 e. The van der Waals surface area contributed by atoms with E-state index in [-0.39, 0.29) is 5.91 Å². The van der Waals surface area contributed by atoms with E-state index in [2.05, 4.69) is 23.4 Å². The predicted octanol–water partition coefficient (Wildman–Crippen LogP) is 1.76. The molecule has 88 valence electrons. The lowest BCUT2D eigenvalue weighted by Gasteiger charge is -2.28. The molecule has 2 rings (SSSR count). The van der Waals surface area contributed by atoms with Crippen molar-refractivity contribution in [2.75, 3.05) is 6.54 Å². The van der Waals surface area contributed by atoms with Gasteiger partial charge in [-0.1, -0.05) is 6.92 Å². The van der Waals surface area contributed by atoms with Gasteiger partial charge >= 0.3 is 0 Å². The summed E-state index contributed by atoms with van der Waals surface area (Å²) in [6.07, 6.45) is 3.38. The van der Waals surface area contributed by atoms with Gasteiger partial charge in [-0.25, -0.2) is 4.98 Å². The van der Waals surface area contributed by atoms with Crippen LogP contribution in [0, 0.1) is 0 Å². The number of hydrogen-bond donors (Lipinski definition) is 0. The van der Waals surface area contributed by atoms with E-state index in [9.17, 15) is 4.79 Å². The summed E-state index contributed by atoms with van der Waals surface area (Å²) in [5.74, 6) is 0.238. The summed E-state index contributed by atoms with van der Waals surface area (Å²) in [6, 6.07) is 0.410. The first-order valence-corrected chi connectivity index (χ1v) is 5.95. The number of nitrogens with zero attached hydrogens (tertiary/aromatic N) is 3. The molecule has 0 aromatic carbocycles. The van der Waals surface area contributed by atoms with Crippen molar-refractivity contribution < 1.29 is 4.79 Å². The minimum absolute atomic E-state index is 0.238. The van der Waals surface area contributed by atoms with Gasteiger partial charge in [0.1, 0.15) is 0 Å². The van der Waals surface area contributed by atoms with E-state index in [4.69, 9.17) is 0 Å². The molecule has 0 atom stereocenters. The first-order valence-electron chi connectivity index (χ1n) is 5.95. The fourth-order valence-corrected chi connectivity index (χ4v) is 2.19. The van der Waals surface area contributed by atoms with Crippen LogP contribution < -0.4 is 0 Å². The highest BCUT2D eigenvalue weighted by molar-refractivity contribution is 5.76. The molecule has 1 aliphatic rings. The standard InChI is InChI=1S/C12H19N3O/c1-4-12(16)14-6-5-10-11(7-14)15(8-13-10)9(2)3/h8-9H,4-7H2,1-3H3. The quantitative estimate of drug-likeness (QED) is 0.763. The Morgan fingerprint density at radius 3 is 2.94 bits per heavy atom. The Kier molecular flexibility index (Phi) is 2.99. The largest absolute Gasteiger partial charge is 0.336 e. The Balaban J connectivity index is 2.24. The molecule has 4 heteroatoms.